The van der Waals surface area contributed by atoms with Crippen molar-refractivity contribution in [2.45, 2.75) is 0 Å². The summed E-state index contributed by atoms with van der Waals surface area (Å²) in [6.45, 7) is 0. The molecule has 0 spiro atoms. The highest BCUT2D eigenvalue weighted by Crippen LogP contribution is 2.44. The first-order chi connectivity index (χ1) is 26.7. The molecule has 11 rings (SSSR count). The highest BCUT2D eigenvalue weighted by molar-refractivity contribution is 6.11. The second-order valence-electron chi connectivity index (χ2n) is 13.5. The van der Waals surface area contributed by atoms with Gasteiger partial charge >= 0.3 is 0 Å². The lowest BCUT2D eigenvalue weighted by Crippen LogP contribution is -2.11. The third kappa shape index (κ3) is 4.90. The Hall–Kier alpha value is -7.37. The summed E-state index contributed by atoms with van der Waals surface area (Å²) in [6, 6.07) is 62.9. The van der Waals surface area contributed by atoms with Crippen LogP contribution in [0.2, 0.25) is 0 Å². The molecule has 5 nitrogen and oxygen atoms in total. The summed E-state index contributed by atoms with van der Waals surface area (Å²) in [5.74, 6) is 0.590. The average molecular weight is 695 g/mol. The van der Waals surface area contributed by atoms with Crippen molar-refractivity contribution in [3.63, 3.8) is 0 Å². The quantitative estimate of drug-likeness (QED) is 0.173. The van der Waals surface area contributed by atoms with Crippen LogP contribution < -0.4 is 4.90 Å². The van der Waals surface area contributed by atoms with Gasteiger partial charge in [0.15, 0.2) is 5.58 Å². The van der Waals surface area contributed by atoms with Crippen LogP contribution in [0.3, 0.4) is 0 Å². The van der Waals surface area contributed by atoms with Crippen molar-refractivity contribution in [2.24, 2.45) is 0 Å². The van der Waals surface area contributed by atoms with Gasteiger partial charge in [-0.3, -0.25) is 0 Å². The minimum Gasteiger partial charge on any atom is -0.456 e. The van der Waals surface area contributed by atoms with E-state index in [0.29, 0.717) is 5.89 Å². The highest BCUT2D eigenvalue weighted by atomic mass is 16.4. The van der Waals surface area contributed by atoms with E-state index in [2.05, 4.69) is 138 Å². The van der Waals surface area contributed by atoms with E-state index in [1.165, 1.54) is 0 Å². The van der Waals surface area contributed by atoms with Crippen LogP contribution in [-0.4, -0.2) is 4.98 Å². The van der Waals surface area contributed by atoms with Crippen molar-refractivity contribution in [3.05, 3.63) is 182 Å². The molecule has 11 aromatic rings. The molecule has 0 atom stereocenters. The first kappa shape index (κ1) is 30.3. The van der Waals surface area contributed by atoms with E-state index < -0.39 is 0 Å². The van der Waals surface area contributed by atoms with Gasteiger partial charge in [-0.2, -0.15) is 0 Å². The van der Waals surface area contributed by atoms with Gasteiger partial charge in [-0.25, -0.2) is 4.98 Å². The van der Waals surface area contributed by atoms with E-state index in [-0.39, 0.29) is 0 Å². The molecule has 0 bridgehead atoms. The maximum absolute atomic E-state index is 6.43. The topological polar surface area (TPSA) is 55.6 Å². The normalized spacial score (nSPS) is 11.7. The van der Waals surface area contributed by atoms with E-state index >= 15 is 0 Å². The fourth-order valence-electron chi connectivity index (χ4n) is 7.75. The number of fused-ring (bicyclic) bond motifs is 7. The maximum Gasteiger partial charge on any atom is 0.227 e. The second-order valence-corrected chi connectivity index (χ2v) is 13.5. The van der Waals surface area contributed by atoms with Crippen molar-refractivity contribution in [2.75, 3.05) is 4.90 Å². The molecule has 0 N–H and O–H groups in total. The van der Waals surface area contributed by atoms with Crippen molar-refractivity contribution in [1.82, 2.24) is 4.98 Å². The number of nitrogens with zero attached hydrogens (tertiary/aromatic N) is 2. The fraction of sp³-hybridized carbons (Fsp3) is 0. The molecule has 0 amide bonds. The molecule has 8 aromatic carbocycles. The first-order valence-corrected chi connectivity index (χ1v) is 18.0. The molecule has 0 aliphatic rings. The number of hydrogen-bond acceptors (Lipinski definition) is 5. The SMILES string of the molecule is c1ccc(-c2nc3cc4oc5ccc(N(c6ccc(-c7cccc8c7oc7ccccc78)cc6)c6ccccc6-c6ccccc6)cc5c4cc3o2)cc1. The fourth-order valence-corrected chi connectivity index (χ4v) is 7.75. The lowest BCUT2D eigenvalue weighted by molar-refractivity contribution is 0.620. The van der Waals surface area contributed by atoms with Crippen molar-refractivity contribution in [3.8, 4) is 33.7 Å². The van der Waals surface area contributed by atoms with Crippen LogP contribution in [-0.2, 0) is 0 Å². The number of para-hydroxylation sites is 3. The number of rotatable bonds is 6. The summed E-state index contributed by atoms with van der Waals surface area (Å²) in [5.41, 5.74) is 13.3. The van der Waals surface area contributed by atoms with Crippen LogP contribution in [0.4, 0.5) is 17.1 Å². The minimum absolute atomic E-state index is 0.590. The van der Waals surface area contributed by atoms with Crippen LogP contribution in [0.25, 0.3) is 88.7 Å². The van der Waals surface area contributed by atoms with Gasteiger partial charge in [-0.05, 0) is 71.8 Å². The number of aromatic nitrogens is 1. The highest BCUT2D eigenvalue weighted by Gasteiger charge is 2.21. The van der Waals surface area contributed by atoms with Gasteiger partial charge in [0.05, 0.1) is 5.69 Å². The summed E-state index contributed by atoms with van der Waals surface area (Å²) in [4.78, 5) is 7.11. The van der Waals surface area contributed by atoms with Gasteiger partial charge in [0.1, 0.15) is 27.8 Å². The van der Waals surface area contributed by atoms with Crippen molar-refractivity contribution < 1.29 is 13.3 Å². The molecule has 0 radical (unpaired) electrons. The zero-order valence-corrected chi connectivity index (χ0v) is 28.9. The molecule has 0 unspecified atom stereocenters. The van der Waals surface area contributed by atoms with Crippen LogP contribution in [0.5, 0.6) is 0 Å². The molecule has 3 heterocycles. The molecule has 0 aliphatic carbocycles. The summed E-state index contributed by atoms with van der Waals surface area (Å²) < 4.78 is 19.1. The zero-order chi connectivity index (χ0) is 35.6. The molecule has 0 fully saturated rings. The predicted octanol–water partition coefficient (Wildman–Crippen LogP) is 14.1. The second kappa shape index (κ2) is 12.1. The Morgan fingerprint density at radius 2 is 1.02 bits per heavy atom. The van der Waals surface area contributed by atoms with Crippen LogP contribution >= 0.6 is 0 Å². The standard InChI is InChI=1S/C49H30N2O3/c1-3-12-31(13-4-1)36-16-7-9-20-43(36)51(34-24-22-32(23-25-34)37-18-11-19-39-38-17-8-10-21-44(38)53-48(37)39)35-26-27-45-40(28-35)41-29-47-42(30-46(41)52-45)50-49(54-47)33-14-5-2-6-15-33/h1-30H. The number of furan rings is 2. The van der Waals surface area contributed by atoms with Crippen LogP contribution in [0.15, 0.2) is 195 Å². The first-order valence-electron chi connectivity index (χ1n) is 18.0. The molecule has 3 aromatic heterocycles. The van der Waals surface area contributed by atoms with E-state index in [9.17, 15) is 0 Å². The smallest absolute Gasteiger partial charge is 0.227 e. The molecule has 0 saturated carbocycles. The molecule has 254 valence electrons. The van der Waals surface area contributed by atoms with Crippen LogP contribution in [0, 0.1) is 0 Å². The number of anilines is 3. The summed E-state index contributed by atoms with van der Waals surface area (Å²) >= 11 is 0. The van der Waals surface area contributed by atoms with E-state index in [1.807, 2.05) is 48.5 Å². The molecular formula is C49H30N2O3. The Morgan fingerprint density at radius 1 is 0.370 bits per heavy atom. The zero-order valence-electron chi connectivity index (χ0n) is 28.9. The Bertz CT molecular complexity index is 3160. The average Bonchev–Trinajstić information content (AvgIpc) is 3.94. The van der Waals surface area contributed by atoms with Gasteiger partial charge in [-0.15, -0.1) is 0 Å². The van der Waals surface area contributed by atoms with Crippen LogP contribution in [0.1, 0.15) is 0 Å². The third-order valence-electron chi connectivity index (χ3n) is 10.3. The Kier molecular flexibility index (Phi) is 6.79. The van der Waals surface area contributed by atoms with Gasteiger partial charge in [0.2, 0.25) is 5.89 Å². The maximum atomic E-state index is 6.43. The summed E-state index contributed by atoms with van der Waals surface area (Å²) in [6.07, 6.45) is 0. The van der Waals surface area contributed by atoms with Gasteiger partial charge in [0.25, 0.3) is 0 Å². The molecule has 0 aliphatic heterocycles. The summed E-state index contributed by atoms with van der Waals surface area (Å²) in [7, 11) is 0. The largest absolute Gasteiger partial charge is 0.456 e. The Balaban J connectivity index is 1.07. The minimum atomic E-state index is 0.590. The lowest BCUT2D eigenvalue weighted by Gasteiger charge is -2.28. The number of benzene rings is 8. The van der Waals surface area contributed by atoms with E-state index in [4.69, 9.17) is 18.2 Å². The number of oxazole rings is 1. The molecular weight excluding hydrogens is 665 g/mol. The van der Waals surface area contributed by atoms with Gasteiger partial charge in [0, 0.05) is 55.7 Å². The Labute approximate surface area is 309 Å². The van der Waals surface area contributed by atoms with Gasteiger partial charge < -0.3 is 18.2 Å². The van der Waals surface area contributed by atoms with Crippen molar-refractivity contribution >= 4 is 72.0 Å². The van der Waals surface area contributed by atoms with E-state index in [1.54, 1.807) is 0 Å². The number of hydrogen-bond donors (Lipinski definition) is 0. The predicted molar refractivity (Wildman–Crippen MR) is 220 cm³/mol. The Morgan fingerprint density at radius 3 is 1.87 bits per heavy atom. The molecule has 0 saturated heterocycles. The third-order valence-corrected chi connectivity index (χ3v) is 10.3. The molecule has 5 heteroatoms. The monoisotopic (exact) mass is 694 g/mol. The molecule has 54 heavy (non-hydrogen) atoms. The van der Waals surface area contributed by atoms with Crippen molar-refractivity contribution in [1.29, 1.82) is 0 Å². The summed E-state index contributed by atoms with van der Waals surface area (Å²) in [5, 5.41) is 4.21. The van der Waals surface area contributed by atoms with E-state index in [0.717, 1.165) is 99.9 Å². The lowest BCUT2D eigenvalue weighted by atomic mass is 10.00. The van der Waals surface area contributed by atoms with Gasteiger partial charge in [-0.1, -0.05) is 115 Å².